The fraction of sp³-hybridized carbons (Fsp3) is 0.250. The van der Waals surface area contributed by atoms with Crippen LogP contribution in [0.15, 0.2) is 54.6 Å². The zero-order chi connectivity index (χ0) is 17.6. The van der Waals surface area contributed by atoms with Crippen LogP contribution in [0.5, 0.6) is 5.88 Å². The minimum absolute atomic E-state index is 0. The van der Waals surface area contributed by atoms with Crippen LogP contribution >= 0.6 is 12.4 Å². The summed E-state index contributed by atoms with van der Waals surface area (Å²) in [6.07, 6.45) is 1.81. The molecule has 0 fully saturated rings. The predicted octanol–water partition coefficient (Wildman–Crippen LogP) is 5.16. The Morgan fingerprint density at radius 1 is 1.04 bits per heavy atom. The molecule has 3 aromatic rings. The highest BCUT2D eigenvalue weighted by molar-refractivity contribution is 5.85. The normalized spacial score (nSPS) is 10.4. The van der Waals surface area contributed by atoms with Crippen LogP contribution in [-0.2, 0) is 19.6 Å². The third kappa shape index (κ3) is 5.05. The van der Waals surface area contributed by atoms with Crippen LogP contribution in [0.25, 0.3) is 0 Å². The van der Waals surface area contributed by atoms with E-state index < -0.39 is 0 Å². The summed E-state index contributed by atoms with van der Waals surface area (Å²) in [5.74, 6) is 0.0174. The lowest BCUT2D eigenvalue weighted by atomic mass is 10.2. The maximum absolute atomic E-state index is 13.8. The largest absolute Gasteiger partial charge is 0.473 e. The van der Waals surface area contributed by atoms with Crippen molar-refractivity contribution in [3.63, 3.8) is 0 Å². The predicted molar refractivity (Wildman–Crippen MR) is 99.7 cm³/mol. The number of hydrogen-bond donors (Lipinski definition) is 0. The molecule has 6 heteroatoms. The summed E-state index contributed by atoms with van der Waals surface area (Å²) in [5, 5.41) is 4.56. The Balaban J connectivity index is 0.00000243. The summed E-state index contributed by atoms with van der Waals surface area (Å²) >= 11 is 0. The van der Waals surface area contributed by atoms with Gasteiger partial charge in [0.1, 0.15) is 18.2 Å². The van der Waals surface area contributed by atoms with Crippen LogP contribution in [0, 0.1) is 11.6 Å². The lowest BCUT2D eigenvalue weighted by Gasteiger charge is -2.10. The van der Waals surface area contributed by atoms with Crippen molar-refractivity contribution < 1.29 is 13.5 Å². The Morgan fingerprint density at radius 3 is 2.46 bits per heavy atom. The number of benzene rings is 2. The summed E-state index contributed by atoms with van der Waals surface area (Å²) in [6.45, 7) is 2.68. The average molecular weight is 379 g/mol. The number of nitrogens with zero attached hydrogens (tertiary/aromatic N) is 2. The second-order valence-electron chi connectivity index (χ2n) is 5.89. The Hall–Kier alpha value is -2.40. The van der Waals surface area contributed by atoms with Crippen molar-refractivity contribution in [1.82, 2.24) is 9.78 Å². The van der Waals surface area contributed by atoms with E-state index >= 15 is 0 Å². The summed E-state index contributed by atoms with van der Waals surface area (Å²) in [5.41, 5.74) is 2.34. The van der Waals surface area contributed by atoms with Crippen LogP contribution in [0.2, 0.25) is 0 Å². The second-order valence-corrected chi connectivity index (χ2v) is 5.89. The number of halogens is 3. The van der Waals surface area contributed by atoms with Gasteiger partial charge in [0.05, 0.1) is 12.2 Å². The van der Waals surface area contributed by atoms with E-state index in [-0.39, 0.29) is 30.6 Å². The van der Waals surface area contributed by atoms with E-state index in [0.29, 0.717) is 18.0 Å². The lowest BCUT2D eigenvalue weighted by molar-refractivity contribution is 0.270. The third-order valence-corrected chi connectivity index (χ3v) is 3.88. The Kier molecular flexibility index (Phi) is 7.16. The third-order valence-electron chi connectivity index (χ3n) is 3.88. The molecule has 0 amide bonds. The monoisotopic (exact) mass is 378 g/mol. The van der Waals surface area contributed by atoms with Crippen LogP contribution in [0.3, 0.4) is 0 Å². The molecule has 2 aromatic carbocycles. The van der Waals surface area contributed by atoms with E-state index in [2.05, 4.69) is 12.0 Å². The van der Waals surface area contributed by atoms with Gasteiger partial charge in [0.25, 0.3) is 0 Å². The van der Waals surface area contributed by atoms with Crippen LogP contribution in [-0.4, -0.2) is 9.78 Å². The Labute approximate surface area is 158 Å². The van der Waals surface area contributed by atoms with Crippen molar-refractivity contribution >= 4 is 12.4 Å². The average Bonchev–Trinajstić information content (AvgIpc) is 2.98. The molecule has 26 heavy (non-hydrogen) atoms. The summed E-state index contributed by atoms with van der Waals surface area (Å²) in [6, 6.07) is 14.7. The van der Waals surface area contributed by atoms with E-state index in [9.17, 15) is 8.78 Å². The summed E-state index contributed by atoms with van der Waals surface area (Å²) in [7, 11) is 0. The first kappa shape index (κ1) is 19.9. The van der Waals surface area contributed by atoms with E-state index in [4.69, 9.17) is 4.74 Å². The molecule has 0 saturated carbocycles. The number of aromatic nitrogens is 2. The maximum Gasteiger partial charge on any atom is 0.212 e. The molecule has 138 valence electrons. The lowest BCUT2D eigenvalue weighted by Crippen LogP contribution is -2.07. The highest BCUT2D eigenvalue weighted by Gasteiger charge is 2.11. The first-order valence-corrected chi connectivity index (χ1v) is 8.33. The highest BCUT2D eigenvalue weighted by atomic mass is 35.5. The van der Waals surface area contributed by atoms with Crippen molar-refractivity contribution in [2.45, 2.75) is 32.9 Å². The number of hydrogen-bond acceptors (Lipinski definition) is 2. The molecular formula is C20H21ClF2N2O. The summed E-state index contributed by atoms with van der Waals surface area (Å²) in [4.78, 5) is 0. The molecule has 0 aliphatic carbocycles. The van der Waals surface area contributed by atoms with Crippen molar-refractivity contribution in [1.29, 1.82) is 0 Å². The molecular weight excluding hydrogens is 358 g/mol. The first-order chi connectivity index (χ1) is 12.2. The zero-order valence-corrected chi connectivity index (χ0v) is 15.3. The molecule has 0 aliphatic rings. The van der Waals surface area contributed by atoms with Crippen LogP contribution in [0.1, 0.15) is 30.2 Å². The van der Waals surface area contributed by atoms with Gasteiger partial charge in [-0.25, -0.2) is 13.5 Å². The van der Waals surface area contributed by atoms with Crippen molar-refractivity contribution in [2.75, 3.05) is 0 Å². The molecule has 0 radical (unpaired) electrons. The highest BCUT2D eigenvalue weighted by Crippen LogP contribution is 2.19. The van der Waals surface area contributed by atoms with Gasteiger partial charge >= 0.3 is 0 Å². The molecule has 0 N–H and O–H groups in total. The van der Waals surface area contributed by atoms with Gasteiger partial charge in [0.15, 0.2) is 0 Å². The van der Waals surface area contributed by atoms with Crippen molar-refractivity contribution in [3.8, 4) is 5.88 Å². The first-order valence-electron chi connectivity index (χ1n) is 8.33. The molecule has 0 aliphatic heterocycles. The smallest absolute Gasteiger partial charge is 0.212 e. The Bertz CT molecular complexity index is 834. The number of aryl methyl sites for hydroxylation is 1. The number of rotatable bonds is 7. The van der Waals surface area contributed by atoms with Gasteiger partial charge in [0, 0.05) is 11.6 Å². The van der Waals surface area contributed by atoms with E-state index in [1.165, 1.54) is 18.2 Å². The van der Waals surface area contributed by atoms with Crippen LogP contribution < -0.4 is 4.74 Å². The molecule has 1 aromatic heterocycles. The van der Waals surface area contributed by atoms with Crippen molar-refractivity contribution in [3.05, 3.63) is 83.1 Å². The van der Waals surface area contributed by atoms with Crippen molar-refractivity contribution in [2.24, 2.45) is 0 Å². The van der Waals surface area contributed by atoms with Gasteiger partial charge in [-0.2, -0.15) is 5.10 Å². The SMILES string of the molecule is CCCc1cc(OCc2ccccc2F)n(Cc2ccc(F)cc2)n1.Cl. The fourth-order valence-corrected chi connectivity index (χ4v) is 2.59. The zero-order valence-electron chi connectivity index (χ0n) is 14.5. The van der Waals surface area contributed by atoms with Gasteiger partial charge in [-0.3, -0.25) is 0 Å². The van der Waals surface area contributed by atoms with E-state index in [1.54, 1.807) is 35.0 Å². The van der Waals surface area contributed by atoms with E-state index in [1.807, 2.05) is 6.07 Å². The minimum atomic E-state index is -0.291. The molecule has 3 nitrogen and oxygen atoms in total. The molecule has 0 saturated heterocycles. The van der Waals surface area contributed by atoms with Gasteiger partial charge in [0.2, 0.25) is 5.88 Å². The fourth-order valence-electron chi connectivity index (χ4n) is 2.59. The van der Waals surface area contributed by atoms with Crippen LogP contribution in [0.4, 0.5) is 8.78 Å². The molecule has 0 unspecified atom stereocenters. The quantitative estimate of drug-likeness (QED) is 0.567. The van der Waals surface area contributed by atoms with Gasteiger partial charge in [-0.15, -0.1) is 12.4 Å². The molecule has 0 bridgehead atoms. The van der Waals surface area contributed by atoms with Gasteiger partial charge in [-0.1, -0.05) is 43.7 Å². The Morgan fingerprint density at radius 2 is 1.77 bits per heavy atom. The number of ether oxygens (including phenoxy) is 1. The molecule has 3 rings (SSSR count). The molecule has 1 heterocycles. The standard InChI is InChI=1S/C20H20F2N2O.ClH/c1-2-5-18-12-20(25-14-16-6-3-4-7-19(16)22)24(23-18)13-15-8-10-17(21)11-9-15;/h3-4,6-12H,2,5,13-14H2,1H3;1H. The minimum Gasteiger partial charge on any atom is -0.473 e. The molecule has 0 atom stereocenters. The molecule has 0 spiro atoms. The maximum atomic E-state index is 13.8. The van der Waals surface area contributed by atoms with Gasteiger partial charge < -0.3 is 4.74 Å². The summed E-state index contributed by atoms with van der Waals surface area (Å²) < 4.78 is 34.4. The van der Waals surface area contributed by atoms with E-state index in [0.717, 1.165) is 24.1 Å². The topological polar surface area (TPSA) is 27.1 Å². The second kappa shape index (κ2) is 9.34. The van der Waals surface area contributed by atoms with Gasteiger partial charge in [-0.05, 0) is 30.2 Å².